The minimum atomic E-state index is -4.69. The van der Waals surface area contributed by atoms with Gasteiger partial charge in [-0.05, 0) is 43.5 Å². The molecule has 1 aliphatic carbocycles. The zero-order valence-corrected chi connectivity index (χ0v) is 14.8. The summed E-state index contributed by atoms with van der Waals surface area (Å²) in [5, 5.41) is 3.08. The van der Waals surface area contributed by atoms with E-state index >= 15 is 0 Å². The van der Waals surface area contributed by atoms with Crippen molar-refractivity contribution < 1.29 is 30.8 Å². The first-order chi connectivity index (χ1) is 12.7. The van der Waals surface area contributed by atoms with Crippen molar-refractivity contribution in [2.24, 2.45) is 0 Å². The van der Waals surface area contributed by atoms with E-state index in [1.807, 2.05) is 0 Å². The maximum atomic E-state index is 12.5. The van der Waals surface area contributed by atoms with Gasteiger partial charge in [-0.15, -0.1) is 0 Å². The Labute approximate surface area is 153 Å². The molecule has 146 valence electrons. The van der Waals surface area contributed by atoms with Crippen molar-refractivity contribution in [3.05, 3.63) is 30.2 Å². The van der Waals surface area contributed by atoms with E-state index in [4.69, 9.17) is 4.74 Å². The summed E-state index contributed by atoms with van der Waals surface area (Å²) in [4.78, 5) is 3.33. The maximum absolute atomic E-state index is 12.5. The number of alkyl halides is 3. The fourth-order valence-corrected chi connectivity index (χ4v) is 4.82. The van der Waals surface area contributed by atoms with Crippen LogP contribution in [-0.2, 0) is 16.2 Å². The third kappa shape index (κ3) is 3.79. The molecule has 2 aliphatic rings. The minimum absolute atomic E-state index is 0.170. The average Bonchev–Trinajstić information content (AvgIpc) is 3.16. The number of sulfonamides is 1. The van der Waals surface area contributed by atoms with Crippen LogP contribution in [0.4, 0.5) is 13.2 Å². The molecule has 0 bridgehead atoms. The van der Waals surface area contributed by atoms with Crippen LogP contribution < -0.4 is 4.74 Å². The third-order valence-electron chi connectivity index (χ3n) is 4.50. The number of nitrogens with zero attached hydrogens (tertiary/aromatic N) is 3. The standard InChI is InChI=1S/C16H16F3N3O4S/c17-16(18,19)15-20-14(21-26-15)10-1-3-11(4-2-10)25-12-7-8-22(9-12)27(23,24)13-5-6-13/h1-4,12-13H,5-9H2/t12-/m0/s1. The molecular weight excluding hydrogens is 387 g/mol. The van der Waals surface area contributed by atoms with Crippen LogP contribution >= 0.6 is 0 Å². The average molecular weight is 403 g/mol. The second-order valence-electron chi connectivity index (χ2n) is 6.58. The number of hydrogen-bond acceptors (Lipinski definition) is 6. The summed E-state index contributed by atoms with van der Waals surface area (Å²) < 4.78 is 73.5. The Hall–Kier alpha value is -2.14. The van der Waals surface area contributed by atoms with E-state index in [-0.39, 0.29) is 17.2 Å². The van der Waals surface area contributed by atoms with E-state index < -0.39 is 22.1 Å². The van der Waals surface area contributed by atoms with E-state index in [0.717, 1.165) is 12.8 Å². The van der Waals surface area contributed by atoms with Gasteiger partial charge in [-0.1, -0.05) is 5.16 Å². The Bertz CT molecular complexity index is 923. The number of aromatic nitrogens is 2. The molecule has 0 spiro atoms. The van der Waals surface area contributed by atoms with Crippen molar-refractivity contribution in [2.75, 3.05) is 13.1 Å². The molecule has 27 heavy (non-hydrogen) atoms. The Morgan fingerprint density at radius 2 is 1.85 bits per heavy atom. The first-order valence-corrected chi connectivity index (χ1v) is 9.91. The first kappa shape index (κ1) is 18.2. The summed E-state index contributed by atoms with van der Waals surface area (Å²) in [7, 11) is -3.21. The van der Waals surface area contributed by atoms with Crippen LogP contribution in [-0.4, -0.2) is 47.3 Å². The Kier molecular flexibility index (Phi) is 4.38. The van der Waals surface area contributed by atoms with Crippen LogP contribution in [0.5, 0.6) is 5.75 Å². The summed E-state index contributed by atoms with van der Waals surface area (Å²) in [6, 6.07) is 6.20. The number of halogens is 3. The predicted octanol–water partition coefficient (Wildman–Crippen LogP) is 2.70. The summed E-state index contributed by atoms with van der Waals surface area (Å²) >= 11 is 0. The third-order valence-corrected chi connectivity index (χ3v) is 6.86. The molecule has 0 unspecified atom stereocenters. The van der Waals surface area contributed by atoms with E-state index in [2.05, 4.69) is 14.7 Å². The van der Waals surface area contributed by atoms with Crippen LogP contribution in [0.2, 0.25) is 0 Å². The van der Waals surface area contributed by atoms with Gasteiger partial charge in [0.25, 0.3) is 0 Å². The van der Waals surface area contributed by atoms with Gasteiger partial charge in [0, 0.05) is 12.1 Å². The molecular formula is C16H16F3N3O4S. The van der Waals surface area contributed by atoms with Crippen molar-refractivity contribution in [1.29, 1.82) is 0 Å². The molecule has 11 heteroatoms. The summed E-state index contributed by atoms with van der Waals surface area (Å²) in [5.74, 6) is -1.08. The molecule has 1 aromatic heterocycles. The number of hydrogen-bond donors (Lipinski definition) is 0. The highest BCUT2D eigenvalue weighted by Gasteiger charge is 2.43. The topological polar surface area (TPSA) is 85.5 Å². The van der Waals surface area contributed by atoms with Gasteiger partial charge in [0.15, 0.2) is 0 Å². The lowest BCUT2D eigenvalue weighted by Crippen LogP contribution is -2.33. The van der Waals surface area contributed by atoms with Crippen molar-refractivity contribution in [1.82, 2.24) is 14.4 Å². The highest BCUT2D eigenvalue weighted by molar-refractivity contribution is 7.90. The first-order valence-electron chi connectivity index (χ1n) is 8.40. The van der Waals surface area contributed by atoms with Gasteiger partial charge in [-0.2, -0.15) is 22.5 Å². The largest absolute Gasteiger partial charge is 0.489 e. The second kappa shape index (κ2) is 6.48. The second-order valence-corrected chi connectivity index (χ2v) is 8.79. The number of benzene rings is 1. The predicted molar refractivity (Wildman–Crippen MR) is 87.3 cm³/mol. The normalized spacial score (nSPS) is 21.5. The van der Waals surface area contributed by atoms with Crippen molar-refractivity contribution in [2.45, 2.75) is 36.8 Å². The zero-order chi connectivity index (χ0) is 19.2. The molecule has 0 amide bonds. The SMILES string of the molecule is O=S(=O)(C1CC1)N1CC[C@H](Oc2ccc(-c3noc(C(F)(F)F)n3)cc2)C1. The highest BCUT2D eigenvalue weighted by atomic mass is 32.2. The Balaban J connectivity index is 1.39. The number of ether oxygens (including phenoxy) is 1. The molecule has 0 N–H and O–H groups in total. The molecule has 1 aromatic carbocycles. The monoisotopic (exact) mass is 403 g/mol. The van der Waals surface area contributed by atoms with Crippen LogP contribution in [0, 0.1) is 0 Å². The maximum Gasteiger partial charge on any atom is 0.471 e. The fraction of sp³-hybridized carbons (Fsp3) is 0.500. The van der Waals surface area contributed by atoms with Gasteiger partial charge >= 0.3 is 12.1 Å². The van der Waals surface area contributed by atoms with Crippen LogP contribution in [0.3, 0.4) is 0 Å². The smallest absolute Gasteiger partial charge is 0.471 e. The summed E-state index contributed by atoms with van der Waals surface area (Å²) in [5.41, 5.74) is 0.353. The quantitative estimate of drug-likeness (QED) is 0.763. The molecule has 2 heterocycles. The van der Waals surface area contributed by atoms with Gasteiger partial charge in [0.05, 0.1) is 11.8 Å². The fourth-order valence-electron chi connectivity index (χ4n) is 2.93. The lowest BCUT2D eigenvalue weighted by atomic mass is 10.2. The highest BCUT2D eigenvalue weighted by Crippen LogP contribution is 2.33. The summed E-state index contributed by atoms with van der Waals surface area (Å²) in [6.07, 6.45) is -2.92. The molecule has 0 radical (unpaired) electrons. The minimum Gasteiger partial charge on any atom is -0.489 e. The molecule has 1 aliphatic heterocycles. The molecule has 1 atom stereocenters. The van der Waals surface area contributed by atoms with Crippen molar-refractivity contribution in [3.8, 4) is 17.1 Å². The van der Waals surface area contributed by atoms with Crippen LogP contribution in [0.1, 0.15) is 25.2 Å². The Morgan fingerprint density at radius 3 is 2.44 bits per heavy atom. The van der Waals surface area contributed by atoms with E-state index in [9.17, 15) is 21.6 Å². The Morgan fingerprint density at radius 1 is 1.15 bits per heavy atom. The lowest BCUT2D eigenvalue weighted by Gasteiger charge is -2.17. The zero-order valence-electron chi connectivity index (χ0n) is 14.0. The molecule has 1 saturated carbocycles. The lowest BCUT2D eigenvalue weighted by molar-refractivity contribution is -0.159. The van der Waals surface area contributed by atoms with Gasteiger partial charge in [0.1, 0.15) is 11.9 Å². The van der Waals surface area contributed by atoms with E-state index in [1.54, 1.807) is 12.1 Å². The van der Waals surface area contributed by atoms with Gasteiger partial charge in [-0.3, -0.25) is 0 Å². The van der Waals surface area contributed by atoms with Gasteiger partial charge in [-0.25, -0.2) is 8.42 Å². The summed E-state index contributed by atoms with van der Waals surface area (Å²) in [6.45, 7) is 0.741. The van der Waals surface area contributed by atoms with Crippen molar-refractivity contribution >= 4 is 10.0 Å². The molecule has 2 aromatic rings. The van der Waals surface area contributed by atoms with Crippen LogP contribution in [0.15, 0.2) is 28.8 Å². The number of rotatable bonds is 5. The van der Waals surface area contributed by atoms with Crippen LogP contribution in [0.25, 0.3) is 11.4 Å². The van der Waals surface area contributed by atoms with Crippen molar-refractivity contribution in [3.63, 3.8) is 0 Å². The van der Waals surface area contributed by atoms with E-state index in [0.29, 0.717) is 30.8 Å². The van der Waals surface area contributed by atoms with E-state index in [1.165, 1.54) is 16.4 Å². The van der Waals surface area contributed by atoms with Gasteiger partial charge < -0.3 is 9.26 Å². The van der Waals surface area contributed by atoms with Gasteiger partial charge in [0.2, 0.25) is 15.8 Å². The molecule has 1 saturated heterocycles. The molecule has 4 rings (SSSR count). The molecule has 2 fully saturated rings. The molecule has 7 nitrogen and oxygen atoms in total.